The van der Waals surface area contributed by atoms with Crippen molar-refractivity contribution in [3.63, 3.8) is 0 Å². The van der Waals surface area contributed by atoms with E-state index in [1.807, 2.05) is 0 Å². The van der Waals surface area contributed by atoms with Crippen molar-refractivity contribution in [3.8, 4) is 0 Å². The molecule has 1 aliphatic rings. The minimum absolute atomic E-state index is 0.0102. The second-order valence-electron chi connectivity index (χ2n) is 4.19. The standard InChI is InChI=1S/C9H14N4O5S2/c1-18-6-2-3-12(5-6)20(16,17)8-4-7(13(14)15)9(11-10)19-8/h4,6,11H,2-3,5,10H2,1H3. The van der Waals surface area contributed by atoms with Gasteiger partial charge >= 0.3 is 5.69 Å². The third kappa shape index (κ3) is 2.62. The highest BCUT2D eigenvalue weighted by Gasteiger charge is 2.35. The van der Waals surface area contributed by atoms with Crippen LogP contribution < -0.4 is 11.3 Å². The van der Waals surface area contributed by atoms with Crippen LogP contribution in [-0.4, -0.2) is 43.9 Å². The number of anilines is 1. The quantitative estimate of drug-likeness (QED) is 0.455. The number of nitrogens with two attached hydrogens (primary N) is 1. The van der Waals surface area contributed by atoms with E-state index in [9.17, 15) is 18.5 Å². The molecule has 0 radical (unpaired) electrons. The summed E-state index contributed by atoms with van der Waals surface area (Å²) in [6.07, 6.45) is 0.456. The molecule has 0 spiro atoms. The molecule has 1 unspecified atom stereocenters. The molecule has 1 aromatic rings. The molecule has 0 aromatic carbocycles. The molecule has 1 atom stereocenters. The average Bonchev–Trinajstić information content (AvgIpc) is 3.05. The van der Waals surface area contributed by atoms with Gasteiger partial charge in [0.05, 0.1) is 11.0 Å². The lowest BCUT2D eigenvalue weighted by atomic mass is 10.3. The van der Waals surface area contributed by atoms with Gasteiger partial charge in [0, 0.05) is 26.3 Å². The zero-order valence-corrected chi connectivity index (χ0v) is 12.2. The number of nitrogen functional groups attached to an aromatic ring is 1. The Bertz CT molecular complexity index is 614. The van der Waals surface area contributed by atoms with E-state index in [1.54, 1.807) is 0 Å². The summed E-state index contributed by atoms with van der Waals surface area (Å²) in [6, 6.07) is 1.02. The van der Waals surface area contributed by atoms with E-state index in [1.165, 1.54) is 11.4 Å². The van der Waals surface area contributed by atoms with Gasteiger partial charge in [0.1, 0.15) is 4.21 Å². The Morgan fingerprint density at radius 1 is 1.65 bits per heavy atom. The van der Waals surface area contributed by atoms with Crippen LogP contribution in [0.5, 0.6) is 0 Å². The van der Waals surface area contributed by atoms with Crippen molar-refractivity contribution in [1.82, 2.24) is 4.31 Å². The number of sulfonamides is 1. The highest BCUT2D eigenvalue weighted by Crippen LogP contribution is 2.38. The first kappa shape index (κ1) is 15.1. The Hall–Kier alpha value is -1.27. The molecule has 9 nitrogen and oxygen atoms in total. The molecule has 11 heteroatoms. The van der Waals surface area contributed by atoms with E-state index in [4.69, 9.17) is 10.6 Å². The average molecular weight is 322 g/mol. The number of ether oxygens (including phenoxy) is 1. The molecule has 0 saturated carbocycles. The molecule has 20 heavy (non-hydrogen) atoms. The van der Waals surface area contributed by atoms with Gasteiger partial charge in [-0.25, -0.2) is 14.3 Å². The van der Waals surface area contributed by atoms with E-state index in [2.05, 4.69) is 5.43 Å². The molecule has 1 saturated heterocycles. The fourth-order valence-corrected chi connectivity index (χ4v) is 4.84. The lowest BCUT2D eigenvalue weighted by Crippen LogP contribution is -2.29. The Kier molecular flexibility index (Phi) is 4.25. The fourth-order valence-electron chi connectivity index (χ4n) is 1.96. The van der Waals surface area contributed by atoms with Crippen molar-refractivity contribution < 1.29 is 18.1 Å². The highest BCUT2D eigenvalue weighted by molar-refractivity contribution is 7.91. The second-order valence-corrected chi connectivity index (χ2v) is 7.41. The number of hydrogen-bond acceptors (Lipinski definition) is 8. The summed E-state index contributed by atoms with van der Waals surface area (Å²) in [5.41, 5.74) is 1.80. The molecule has 1 aliphatic heterocycles. The van der Waals surface area contributed by atoms with Gasteiger partial charge in [-0.2, -0.15) is 4.31 Å². The lowest BCUT2D eigenvalue weighted by Gasteiger charge is -2.14. The van der Waals surface area contributed by atoms with Gasteiger partial charge < -0.3 is 10.2 Å². The Morgan fingerprint density at radius 2 is 2.35 bits per heavy atom. The third-order valence-electron chi connectivity index (χ3n) is 3.05. The van der Waals surface area contributed by atoms with Crippen molar-refractivity contribution in [2.75, 3.05) is 25.6 Å². The molecule has 112 valence electrons. The van der Waals surface area contributed by atoms with Crippen LogP contribution in [-0.2, 0) is 14.8 Å². The normalized spacial score (nSPS) is 20.2. The predicted molar refractivity (Wildman–Crippen MR) is 73.0 cm³/mol. The molecule has 2 heterocycles. The van der Waals surface area contributed by atoms with E-state index in [0.29, 0.717) is 13.0 Å². The van der Waals surface area contributed by atoms with Gasteiger partial charge in [0.2, 0.25) is 0 Å². The summed E-state index contributed by atoms with van der Waals surface area (Å²) in [5, 5.41) is 10.8. The Morgan fingerprint density at radius 3 is 2.80 bits per heavy atom. The van der Waals surface area contributed by atoms with Crippen LogP contribution in [0, 0.1) is 10.1 Å². The molecule has 3 N–H and O–H groups in total. The van der Waals surface area contributed by atoms with E-state index >= 15 is 0 Å². The van der Waals surface area contributed by atoms with Crippen molar-refractivity contribution in [3.05, 3.63) is 16.2 Å². The van der Waals surface area contributed by atoms with Crippen LogP contribution in [0.4, 0.5) is 10.7 Å². The minimum atomic E-state index is -3.76. The van der Waals surface area contributed by atoms with Crippen molar-refractivity contribution >= 4 is 32.0 Å². The van der Waals surface area contributed by atoms with Gasteiger partial charge in [-0.3, -0.25) is 10.1 Å². The molecule has 1 fully saturated rings. The summed E-state index contributed by atoms with van der Waals surface area (Å²) in [7, 11) is -2.23. The van der Waals surface area contributed by atoms with Crippen LogP contribution in [0.15, 0.2) is 10.3 Å². The zero-order chi connectivity index (χ0) is 14.9. The zero-order valence-electron chi connectivity index (χ0n) is 10.6. The van der Waals surface area contributed by atoms with Crippen LogP contribution in [0.3, 0.4) is 0 Å². The van der Waals surface area contributed by atoms with Crippen LogP contribution in [0.2, 0.25) is 0 Å². The van der Waals surface area contributed by atoms with Gasteiger partial charge in [-0.05, 0) is 6.42 Å². The number of rotatable bonds is 5. The first-order chi connectivity index (χ1) is 9.40. The monoisotopic (exact) mass is 322 g/mol. The van der Waals surface area contributed by atoms with Gasteiger partial charge in [-0.15, -0.1) is 0 Å². The molecule has 0 bridgehead atoms. The Labute approximate surface area is 119 Å². The predicted octanol–water partition coefficient (Wildman–Crippen LogP) is 0.351. The van der Waals surface area contributed by atoms with Gasteiger partial charge in [-0.1, -0.05) is 11.3 Å². The largest absolute Gasteiger partial charge is 0.380 e. The van der Waals surface area contributed by atoms with Crippen molar-refractivity contribution in [2.24, 2.45) is 5.84 Å². The summed E-state index contributed by atoms with van der Waals surface area (Å²) in [5.74, 6) is 5.17. The number of hydrazine groups is 1. The maximum Gasteiger partial charge on any atom is 0.306 e. The topological polar surface area (TPSA) is 128 Å². The summed E-state index contributed by atoms with van der Waals surface area (Å²) >= 11 is 0.742. The van der Waals surface area contributed by atoms with Crippen LogP contribution in [0.1, 0.15) is 6.42 Å². The van der Waals surface area contributed by atoms with E-state index < -0.39 is 14.9 Å². The first-order valence-electron chi connectivity index (χ1n) is 5.68. The number of nitro groups is 1. The molecule has 0 amide bonds. The third-order valence-corrected chi connectivity index (χ3v) is 6.42. The number of nitrogens with zero attached hydrogens (tertiary/aromatic N) is 2. The number of hydrogen-bond donors (Lipinski definition) is 2. The van der Waals surface area contributed by atoms with E-state index in [-0.39, 0.29) is 27.5 Å². The fraction of sp³-hybridized carbons (Fsp3) is 0.556. The maximum atomic E-state index is 12.4. The van der Waals surface area contributed by atoms with Crippen molar-refractivity contribution in [1.29, 1.82) is 0 Å². The van der Waals surface area contributed by atoms with Crippen LogP contribution in [0.25, 0.3) is 0 Å². The smallest absolute Gasteiger partial charge is 0.306 e. The van der Waals surface area contributed by atoms with Crippen molar-refractivity contribution in [2.45, 2.75) is 16.7 Å². The Balaban J connectivity index is 2.33. The first-order valence-corrected chi connectivity index (χ1v) is 7.93. The number of thiophene rings is 1. The van der Waals surface area contributed by atoms with Gasteiger partial charge in [0.25, 0.3) is 10.0 Å². The highest BCUT2D eigenvalue weighted by atomic mass is 32.2. The molecular weight excluding hydrogens is 308 g/mol. The van der Waals surface area contributed by atoms with Gasteiger partial charge in [0.15, 0.2) is 5.00 Å². The SMILES string of the molecule is COC1CCN(S(=O)(=O)c2cc([N+](=O)[O-])c(NN)s2)C1. The lowest BCUT2D eigenvalue weighted by molar-refractivity contribution is -0.383. The summed E-state index contributed by atoms with van der Waals surface area (Å²) < 4.78 is 31.1. The summed E-state index contributed by atoms with van der Waals surface area (Å²) in [6.45, 7) is 0.577. The number of nitrogens with one attached hydrogen (secondary N) is 1. The molecular formula is C9H14N4O5S2. The van der Waals surface area contributed by atoms with Crippen LogP contribution >= 0.6 is 11.3 Å². The number of methoxy groups -OCH3 is 1. The second kappa shape index (κ2) is 5.61. The minimum Gasteiger partial charge on any atom is -0.380 e. The maximum absolute atomic E-state index is 12.4. The molecule has 1 aromatic heterocycles. The van der Waals surface area contributed by atoms with E-state index in [0.717, 1.165) is 17.4 Å². The molecule has 0 aliphatic carbocycles. The molecule has 2 rings (SSSR count). The summed E-state index contributed by atoms with van der Waals surface area (Å²) in [4.78, 5) is 10.2.